The molecule has 0 radical (unpaired) electrons. The van der Waals surface area contributed by atoms with Crippen molar-refractivity contribution in [3.63, 3.8) is 0 Å². The van der Waals surface area contributed by atoms with E-state index in [9.17, 15) is 4.79 Å². The van der Waals surface area contributed by atoms with Crippen molar-refractivity contribution < 1.29 is 4.79 Å². The van der Waals surface area contributed by atoms with Gasteiger partial charge in [0.15, 0.2) is 0 Å². The lowest BCUT2D eigenvalue weighted by Gasteiger charge is -2.26. The Kier molecular flexibility index (Phi) is 9.05. The summed E-state index contributed by atoms with van der Waals surface area (Å²) in [5.74, 6) is -0.223. The number of carbonyl (C=O) groups is 1. The molecule has 3 nitrogen and oxygen atoms in total. The Balaban J connectivity index is 0.00000400. The number of nitrogens with one attached hydrogen (secondary N) is 1. The molecule has 0 bridgehead atoms. The maximum atomic E-state index is 12.2. The van der Waals surface area contributed by atoms with Gasteiger partial charge in [0, 0.05) is 17.0 Å². The van der Waals surface area contributed by atoms with E-state index in [0.29, 0.717) is 22.2 Å². The molecule has 3 N–H and O–H groups in total. The quantitative estimate of drug-likeness (QED) is 0.729. The molecule has 120 valence electrons. The molecule has 0 aromatic heterocycles. The molecule has 1 rings (SSSR count). The van der Waals surface area contributed by atoms with Gasteiger partial charge in [-0.15, -0.1) is 24.2 Å². The summed E-state index contributed by atoms with van der Waals surface area (Å²) in [6.07, 6.45) is 3.50. The summed E-state index contributed by atoms with van der Waals surface area (Å²) in [4.78, 5) is 13.0. The Labute approximate surface area is 146 Å². The highest BCUT2D eigenvalue weighted by molar-refractivity contribution is 7.98. The van der Waals surface area contributed by atoms with Gasteiger partial charge in [0.1, 0.15) is 0 Å². The topological polar surface area (TPSA) is 55.1 Å². The van der Waals surface area contributed by atoms with Gasteiger partial charge in [-0.05, 0) is 31.2 Å². The summed E-state index contributed by atoms with van der Waals surface area (Å²) in [5.41, 5.74) is 6.22. The van der Waals surface area contributed by atoms with Crippen molar-refractivity contribution >= 4 is 53.3 Å². The van der Waals surface area contributed by atoms with E-state index in [1.54, 1.807) is 12.1 Å². The zero-order valence-electron chi connectivity index (χ0n) is 12.3. The number of thioether (sulfide) groups is 1. The van der Waals surface area contributed by atoms with Crippen LogP contribution in [-0.2, 0) is 0 Å². The molecular weight excluding hydrogens is 351 g/mol. The second-order valence-electron chi connectivity index (χ2n) is 4.72. The lowest BCUT2D eigenvalue weighted by molar-refractivity contribution is 0.0942. The highest BCUT2D eigenvalue weighted by Gasteiger charge is 2.22. The van der Waals surface area contributed by atoms with Crippen LogP contribution in [0.4, 0.5) is 0 Å². The number of carbonyl (C=O) groups excluding carboxylic acids is 1. The van der Waals surface area contributed by atoms with Crippen LogP contribution >= 0.6 is 47.4 Å². The van der Waals surface area contributed by atoms with Crippen LogP contribution < -0.4 is 11.1 Å². The standard InChI is InChI=1S/C14H20Cl2N2OS.ClH/c1-4-14(17,5-2)8-18-13(19)9-6-12(20-3)11(16)7-10(9)15;/h6-7H,4-5,8,17H2,1-3H3,(H,18,19);1H. The SMILES string of the molecule is CCC(N)(CC)CNC(=O)c1cc(SC)c(Cl)cc1Cl.Cl. The van der Waals surface area contributed by atoms with Crippen molar-refractivity contribution in [2.24, 2.45) is 5.73 Å². The van der Waals surface area contributed by atoms with Gasteiger partial charge in [-0.25, -0.2) is 0 Å². The number of hydrogen-bond donors (Lipinski definition) is 2. The minimum atomic E-state index is -0.378. The highest BCUT2D eigenvalue weighted by atomic mass is 35.5. The normalized spacial score (nSPS) is 11.0. The monoisotopic (exact) mass is 370 g/mol. The van der Waals surface area contributed by atoms with Crippen LogP contribution in [0.1, 0.15) is 37.0 Å². The van der Waals surface area contributed by atoms with Crippen molar-refractivity contribution in [3.05, 3.63) is 27.7 Å². The van der Waals surface area contributed by atoms with E-state index < -0.39 is 0 Å². The predicted octanol–water partition coefficient (Wildman–Crippen LogP) is 4.38. The summed E-state index contributed by atoms with van der Waals surface area (Å²) in [6.45, 7) is 4.44. The van der Waals surface area contributed by atoms with Gasteiger partial charge in [-0.2, -0.15) is 0 Å². The van der Waals surface area contributed by atoms with Gasteiger partial charge in [-0.3, -0.25) is 4.79 Å². The molecule has 0 heterocycles. The Hall–Kier alpha value is -0.130. The molecule has 0 saturated carbocycles. The molecule has 0 saturated heterocycles. The molecule has 0 spiro atoms. The van der Waals surface area contributed by atoms with Crippen LogP contribution in [0, 0.1) is 0 Å². The molecule has 1 aromatic rings. The van der Waals surface area contributed by atoms with Crippen molar-refractivity contribution in [2.75, 3.05) is 12.8 Å². The van der Waals surface area contributed by atoms with Crippen molar-refractivity contribution in [3.8, 4) is 0 Å². The van der Waals surface area contributed by atoms with Crippen LogP contribution in [-0.4, -0.2) is 24.2 Å². The number of rotatable bonds is 6. The molecule has 7 heteroatoms. The first kappa shape index (κ1) is 20.9. The minimum Gasteiger partial charge on any atom is -0.350 e. The number of nitrogens with two attached hydrogens (primary N) is 1. The average Bonchev–Trinajstić information content (AvgIpc) is 2.44. The molecule has 0 unspecified atom stereocenters. The van der Waals surface area contributed by atoms with Gasteiger partial charge in [0.25, 0.3) is 5.91 Å². The van der Waals surface area contributed by atoms with E-state index in [0.717, 1.165) is 17.7 Å². The Morgan fingerprint density at radius 3 is 2.33 bits per heavy atom. The Morgan fingerprint density at radius 1 is 1.29 bits per heavy atom. The maximum Gasteiger partial charge on any atom is 0.252 e. The van der Waals surface area contributed by atoms with Crippen LogP contribution in [0.15, 0.2) is 17.0 Å². The Morgan fingerprint density at radius 2 is 1.86 bits per heavy atom. The first-order chi connectivity index (χ1) is 9.36. The van der Waals surface area contributed by atoms with Crippen molar-refractivity contribution in [2.45, 2.75) is 37.1 Å². The summed E-state index contributed by atoms with van der Waals surface area (Å²) < 4.78 is 0. The summed E-state index contributed by atoms with van der Waals surface area (Å²) in [7, 11) is 0. The number of hydrogen-bond acceptors (Lipinski definition) is 3. The molecular formula is C14H21Cl3N2OS. The van der Waals surface area contributed by atoms with E-state index in [2.05, 4.69) is 5.32 Å². The summed E-state index contributed by atoms with van der Waals surface area (Å²) in [5, 5.41) is 3.75. The number of amides is 1. The molecule has 0 aliphatic heterocycles. The second-order valence-corrected chi connectivity index (χ2v) is 6.38. The van der Waals surface area contributed by atoms with E-state index in [1.807, 2.05) is 20.1 Å². The molecule has 0 aliphatic rings. The summed E-state index contributed by atoms with van der Waals surface area (Å²) >= 11 is 13.6. The van der Waals surface area contributed by atoms with Crippen LogP contribution in [0.5, 0.6) is 0 Å². The average molecular weight is 372 g/mol. The number of halogens is 3. The third-order valence-electron chi connectivity index (χ3n) is 3.50. The molecule has 1 aromatic carbocycles. The summed E-state index contributed by atoms with van der Waals surface area (Å²) in [6, 6.07) is 3.31. The third kappa shape index (κ3) is 5.53. The zero-order chi connectivity index (χ0) is 15.3. The molecule has 0 aliphatic carbocycles. The molecule has 1 amide bonds. The van der Waals surface area contributed by atoms with E-state index in [4.69, 9.17) is 28.9 Å². The second kappa shape index (κ2) is 9.11. The zero-order valence-corrected chi connectivity index (χ0v) is 15.5. The highest BCUT2D eigenvalue weighted by Crippen LogP contribution is 2.31. The molecule has 0 fully saturated rings. The minimum absolute atomic E-state index is 0. The Bertz CT molecular complexity index is 493. The van der Waals surface area contributed by atoms with Gasteiger partial charge < -0.3 is 11.1 Å². The van der Waals surface area contributed by atoms with Crippen molar-refractivity contribution in [1.29, 1.82) is 0 Å². The fourth-order valence-corrected chi connectivity index (χ4v) is 2.90. The van der Waals surface area contributed by atoms with Gasteiger partial charge >= 0.3 is 0 Å². The third-order valence-corrected chi connectivity index (χ3v) is 5.01. The van der Waals surface area contributed by atoms with Crippen LogP contribution in [0.25, 0.3) is 0 Å². The molecule has 21 heavy (non-hydrogen) atoms. The first-order valence-corrected chi connectivity index (χ1v) is 8.45. The largest absolute Gasteiger partial charge is 0.350 e. The van der Waals surface area contributed by atoms with Gasteiger partial charge in [0.05, 0.1) is 15.6 Å². The molecule has 0 atom stereocenters. The maximum absolute atomic E-state index is 12.2. The van der Waals surface area contributed by atoms with E-state index in [1.165, 1.54) is 11.8 Å². The van der Waals surface area contributed by atoms with Gasteiger partial charge in [-0.1, -0.05) is 37.0 Å². The van der Waals surface area contributed by atoms with E-state index >= 15 is 0 Å². The van der Waals surface area contributed by atoms with Crippen LogP contribution in [0.3, 0.4) is 0 Å². The smallest absolute Gasteiger partial charge is 0.252 e. The van der Waals surface area contributed by atoms with Crippen LogP contribution in [0.2, 0.25) is 10.0 Å². The lowest BCUT2D eigenvalue weighted by atomic mass is 9.94. The fourth-order valence-electron chi connectivity index (χ4n) is 1.71. The fraction of sp³-hybridized carbons (Fsp3) is 0.500. The first-order valence-electron chi connectivity index (χ1n) is 6.47. The lowest BCUT2D eigenvalue weighted by Crippen LogP contribution is -2.49. The van der Waals surface area contributed by atoms with E-state index in [-0.39, 0.29) is 23.9 Å². The predicted molar refractivity (Wildman–Crippen MR) is 95.3 cm³/mol. The van der Waals surface area contributed by atoms with Crippen molar-refractivity contribution in [1.82, 2.24) is 5.32 Å². The van der Waals surface area contributed by atoms with Gasteiger partial charge in [0.2, 0.25) is 0 Å². The number of benzene rings is 1.